The fraction of sp³-hybridized carbons (Fsp3) is 0. The summed E-state index contributed by atoms with van der Waals surface area (Å²) in [5.41, 5.74) is 1.86. The molecular weight excluding hydrogens is 274 g/mol. The average Bonchev–Trinajstić information content (AvgIpc) is 3.07. The van der Waals surface area contributed by atoms with Gasteiger partial charge in [-0.15, -0.1) is 20.8 Å². The summed E-state index contributed by atoms with van der Waals surface area (Å²) >= 11 is 1.36. The van der Waals surface area contributed by atoms with Gasteiger partial charge in [0, 0.05) is 6.07 Å². The molecule has 1 aliphatic rings. The van der Waals surface area contributed by atoms with Crippen molar-refractivity contribution in [2.45, 2.75) is 0 Å². The lowest BCUT2D eigenvalue weighted by molar-refractivity contribution is -0.551. The van der Waals surface area contributed by atoms with E-state index < -0.39 is 0 Å². The Bertz CT molecular complexity index is 858. The van der Waals surface area contributed by atoms with Gasteiger partial charge < -0.3 is 0 Å². The maximum atomic E-state index is 12.6. The van der Waals surface area contributed by atoms with Gasteiger partial charge in [-0.25, -0.2) is 9.78 Å². The van der Waals surface area contributed by atoms with E-state index in [1.165, 1.54) is 20.8 Å². The number of hydrogen-bond acceptors (Lipinski definition) is 3. The first kappa shape index (κ1) is 11.2. The van der Waals surface area contributed by atoms with Gasteiger partial charge in [-0.3, -0.25) is 0 Å². The van der Waals surface area contributed by atoms with Crippen LogP contribution in [0.3, 0.4) is 0 Å². The first-order valence-corrected chi connectivity index (χ1v) is 6.93. The molecule has 6 heteroatoms. The molecule has 1 N–H and O–H groups in total. The Hall–Kier alpha value is -2.60. The smallest absolute Gasteiger partial charge is 0.236 e. The van der Waals surface area contributed by atoms with E-state index >= 15 is 0 Å². The molecule has 2 aromatic heterocycles. The first-order chi connectivity index (χ1) is 9.77. The third-order valence-electron chi connectivity index (χ3n) is 3.28. The van der Waals surface area contributed by atoms with Crippen LogP contribution in [-0.4, -0.2) is 11.9 Å². The number of amides is 2. The van der Waals surface area contributed by atoms with Crippen LogP contribution in [0.5, 0.6) is 0 Å². The van der Waals surface area contributed by atoms with E-state index in [0.29, 0.717) is 16.2 Å². The summed E-state index contributed by atoms with van der Waals surface area (Å²) < 4.78 is 1.45. The molecule has 4 rings (SSSR count). The molecule has 5 nitrogen and oxygen atoms in total. The maximum Gasteiger partial charge on any atom is 0.513 e. The summed E-state index contributed by atoms with van der Waals surface area (Å²) in [7, 11) is 0. The molecule has 0 spiro atoms. The van der Waals surface area contributed by atoms with Crippen LogP contribution >= 0.6 is 11.3 Å². The summed E-state index contributed by atoms with van der Waals surface area (Å²) in [5.74, 6) is -0.306. The van der Waals surface area contributed by atoms with Crippen molar-refractivity contribution in [3.63, 3.8) is 0 Å². The number of benzene rings is 1. The van der Waals surface area contributed by atoms with Gasteiger partial charge in [0.15, 0.2) is 5.00 Å². The number of carbonyl (C=O) groups is 2. The molecule has 0 saturated carbocycles. The standard InChI is InChI=1S/C14H8N3O2S/c18-13-11-8-15-9-4-1-2-5-10(9)16(11)14(19)17(13)12-6-3-7-20-12/h1-8H/q+1/p+1. The molecule has 3 heterocycles. The first-order valence-electron chi connectivity index (χ1n) is 6.05. The number of fused-ring (bicyclic) bond motifs is 3. The number of anilines is 1. The molecule has 0 bridgehead atoms. The highest BCUT2D eigenvalue weighted by atomic mass is 32.1. The molecule has 0 radical (unpaired) electrons. The molecule has 96 valence electrons. The molecule has 0 unspecified atom stereocenters. The quantitative estimate of drug-likeness (QED) is 0.637. The molecule has 0 atom stereocenters. The number of aromatic nitrogens is 2. The predicted molar refractivity (Wildman–Crippen MR) is 72.6 cm³/mol. The van der Waals surface area contributed by atoms with Gasteiger partial charge in [0.1, 0.15) is 0 Å². The summed E-state index contributed by atoms with van der Waals surface area (Å²) in [6, 6.07) is 10.7. The molecule has 0 saturated heterocycles. The molecule has 0 fully saturated rings. The lowest BCUT2D eigenvalue weighted by Gasteiger charge is -1.99. The number of nitrogens with zero attached hydrogens (tertiary/aromatic N) is 2. The zero-order valence-corrected chi connectivity index (χ0v) is 11.1. The number of hydrogen-bond donors (Lipinski definition) is 0. The van der Waals surface area contributed by atoms with Gasteiger partial charge >= 0.3 is 11.9 Å². The van der Waals surface area contributed by atoms with Crippen molar-refractivity contribution in [2.24, 2.45) is 0 Å². The van der Waals surface area contributed by atoms with Crippen molar-refractivity contribution < 1.29 is 19.1 Å². The maximum absolute atomic E-state index is 12.6. The molecule has 0 aliphatic carbocycles. The Labute approximate surface area is 117 Å². The number of para-hydroxylation sites is 2. The van der Waals surface area contributed by atoms with Crippen LogP contribution in [0.25, 0.3) is 11.0 Å². The van der Waals surface area contributed by atoms with Gasteiger partial charge in [-0.2, -0.15) is 4.79 Å². The van der Waals surface area contributed by atoms with Crippen molar-refractivity contribution >= 4 is 39.3 Å². The van der Waals surface area contributed by atoms with Crippen LogP contribution in [0.15, 0.2) is 48.0 Å². The van der Waals surface area contributed by atoms with Crippen LogP contribution in [0.1, 0.15) is 10.5 Å². The largest absolute Gasteiger partial charge is 0.513 e. The highest BCUT2D eigenvalue weighted by Gasteiger charge is 2.50. The van der Waals surface area contributed by atoms with E-state index in [0.717, 1.165) is 5.52 Å². The Morgan fingerprint density at radius 3 is 2.75 bits per heavy atom. The Morgan fingerprint density at radius 1 is 1.10 bits per heavy atom. The monoisotopic (exact) mass is 283 g/mol. The lowest BCUT2D eigenvalue weighted by Crippen LogP contribution is -2.47. The minimum absolute atomic E-state index is 0.306. The van der Waals surface area contributed by atoms with Crippen molar-refractivity contribution in [3.8, 4) is 0 Å². The molecule has 3 aromatic rings. The van der Waals surface area contributed by atoms with E-state index in [1.807, 2.05) is 35.7 Å². The van der Waals surface area contributed by atoms with E-state index in [2.05, 4.69) is 4.98 Å². The van der Waals surface area contributed by atoms with E-state index in [-0.39, 0.29) is 11.9 Å². The summed E-state index contributed by atoms with van der Waals surface area (Å²) in [6.07, 6.45) is 1.58. The van der Waals surface area contributed by atoms with Gasteiger partial charge in [0.25, 0.3) is 11.2 Å². The molecular formula is C14H9N3O2S+2. The number of rotatable bonds is 1. The Kier molecular flexibility index (Phi) is 2.22. The van der Waals surface area contributed by atoms with E-state index in [4.69, 9.17) is 0 Å². The lowest BCUT2D eigenvalue weighted by atomic mass is 10.3. The van der Waals surface area contributed by atoms with Crippen LogP contribution in [0, 0.1) is 0 Å². The number of imide groups is 1. The third kappa shape index (κ3) is 1.36. The van der Waals surface area contributed by atoms with Crippen molar-refractivity contribution in [1.29, 1.82) is 0 Å². The zero-order chi connectivity index (χ0) is 13.7. The van der Waals surface area contributed by atoms with Crippen LogP contribution < -0.4 is 14.5 Å². The van der Waals surface area contributed by atoms with Crippen LogP contribution in [-0.2, 0) is 0 Å². The molecule has 20 heavy (non-hydrogen) atoms. The average molecular weight is 283 g/mol. The number of nitrogens with one attached hydrogen (secondary N) is 1. The Balaban J connectivity index is 2.00. The minimum Gasteiger partial charge on any atom is -0.236 e. The second-order valence-corrected chi connectivity index (χ2v) is 5.33. The zero-order valence-electron chi connectivity index (χ0n) is 10.2. The highest BCUT2D eigenvalue weighted by Crippen LogP contribution is 2.25. The minimum atomic E-state index is -0.336. The highest BCUT2D eigenvalue weighted by molar-refractivity contribution is 7.14. The van der Waals surface area contributed by atoms with Gasteiger partial charge in [-0.05, 0) is 23.6 Å². The SMILES string of the molecule is O=C1c2c[nH+]c3ccccc3[n+]2C(=O)N1c1cccs1. The van der Waals surface area contributed by atoms with E-state index in [1.54, 1.807) is 12.3 Å². The second-order valence-electron chi connectivity index (χ2n) is 4.40. The predicted octanol–water partition coefficient (Wildman–Crippen LogP) is 1.63. The summed E-state index contributed by atoms with van der Waals surface area (Å²) in [5, 5.41) is 2.47. The fourth-order valence-electron chi connectivity index (χ4n) is 2.39. The van der Waals surface area contributed by atoms with Gasteiger partial charge in [0.2, 0.25) is 11.7 Å². The molecule has 1 aromatic carbocycles. The van der Waals surface area contributed by atoms with Crippen molar-refractivity contribution in [3.05, 3.63) is 53.7 Å². The normalized spacial score (nSPS) is 14.1. The van der Waals surface area contributed by atoms with Crippen LogP contribution in [0.2, 0.25) is 0 Å². The van der Waals surface area contributed by atoms with E-state index in [9.17, 15) is 9.59 Å². The summed E-state index contributed by atoms with van der Waals surface area (Å²) in [6.45, 7) is 0. The second kappa shape index (κ2) is 3.94. The van der Waals surface area contributed by atoms with Gasteiger partial charge in [-0.1, -0.05) is 12.1 Å². The van der Waals surface area contributed by atoms with Crippen LogP contribution in [0.4, 0.5) is 9.80 Å². The summed E-state index contributed by atoms with van der Waals surface area (Å²) in [4.78, 5) is 29.3. The fourth-order valence-corrected chi connectivity index (χ4v) is 3.11. The van der Waals surface area contributed by atoms with Gasteiger partial charge in [0.05, 0.1) is 0 Å². The number of aromatic amines is 1. The molecule has 1 aliphatic heterocycles. The number of thiophene rings is 1. The molecule has 2 amide bonds. The topological polar surface area (TPSA) is 55.4 Å². The number of carbonyl (C=O) groups excluding carboxylic acids is 2. The van der Waals surface area contributed by atoms with Crippen molar-refractivity contribution in [1.82, 2.24) is 0 Å². The third-order valence-corrected chi connectivity index (χ3v) is 4.13. The Morgan fingerprint density at radius 2 is 1.95 bits per heavy atom. The van der Waals surface area contributed by atoms with Crippen molar-refractivity contribution in [2.75, 3.05) is 4.90 Å². The number of H-pyrrole nitrogens is 1.